The van der Waals surface area contributed by atoms with Gasteiger partial charge in [0.05, 0.1) is 18.1 Å². The molecule has 1 aliphatic rings. The van der Waals surface area contributed by atoms with E-state index in [-0.39, 0.29) is 18.1 Å². The third kappa shape index (κ3) is 3.02. The molecule has 26 heavy (non-hydrogen) atoms. The molecule has 2 aromatic rings. The van der Waals surface area contributed by atoms with E-state index in [0.29, 0.717) is 17.8 Å². The van der Waals surface area contributed by atoms with E-state index in [1.54, 1.807) is 6.92 Å². The molecule has 0 saturated carbocycles. The molecule has 0 radical (unpaired) electrons. The van der Waals surface area contributed by atoms with Crippen molar-refractivity contribution >= 4 is 16.7 Å². The van der Waals surface area contributed by atoms with Gasteiger partial charge < -0.3 is 15.2 Å². The fourth-order valence-electron chi connectivity index (χ4n) is 3.23. The van der Waals surface area contributed by atoms with Crippen molar-refractivity contribution in [2.24, 2.45) is 5.73 Å². The van der Waals surface area contributed by atoms with Crippen molar-refractivity contribution in [1.82, 2.24) is 0 Å². The van der Waals surface area contributed by atoms with Crippen LogP contribution in [0, 0.1) is 11.3 Å². The number of nitrogens with zero attached hydrogens (tertiary/aromatic N) is 1. The van der Waals surface area contributed by atoms with Crippen LogP contribution in [0.2, 0.25) is 0 Å². The molecule has 1 heterocycles. The number of rotatable bonds is 4. The highest BCUT2D eigenvalue weighted by molar-refractivity contribution is 5.93. The zero-order valence-electron chi connectivity index (χ0n) is 14.8. The average Bonchev–Trinajstić information content (AvgIpc) is 2.66. The van der Waals surface area contributed by atoms with Gasteiger partial charge in [-0.25, -0.2) is 4.79 Å². The summed E-state index contributed by atoms with van der Waals surface area (Å²) in [6.07, 6.45) is 0.470. The van der Waals surface area contributed by atoms with Gasteiger partial charge in [-0.15, -0.1) is 0 Å². The molecule has 2 N–H and O–H groups in total. The molecule has 0 unspecified atom stereocenters. The molecule has 1 aliphatic heterocycles. The molecule has 5 heteroatoms. The quantitative estimate of drug-likeness (QED) is 0.848. The molecule has 132 valence electrons. The van der Waals surface area contributed by atoms with Crippen molar-refractivity contribution in [2.75, 3.05) is 6.61 Å². The predicted octanol–water partition coefficient (Wildman–Crippen LogP) is 3.87. The molecule has 2 aromatic carbocycles. The number of ether oxygens (including phenoxy) is 2. The van der Waals surface area contributed by atoms with Gasteiger partial charge in [0.2, 0.25) is 5.88 Å². The van der Waals surface area contributed by atoms with Crippen LogP contribution >= 0.6 is 0 Å². The summed E-state index contributed by atoms with van der Waals surface area (Å²) in [5.41, 5.74) is 7.35. The lowest BCUT2D eigenvalue weighted by molar-refractivity contribution is -0.139. The van der Waals surface area contributed by atoms with Gasteiger partial charge in [0, 0.05) is 6.42 Å². The highest BCUT2D eigenvalue weighted by atomic mass is 16.5. The minimum absolute atomic E-state index is 0.0376. The number of esters is 1. The summed E-state index contributed by atoms with van der Waals surface area (Å²) in [4.78, 5) is 12.6. The number of fused-ring (bicyclic) bond motifs is 1. The van der Waals surface area contributed by atoms with E-state index in [0.717, 1.165) is 16.3 Å². The van der Waals surface area contributed by atoms with Gasteiger partial charge in [-0.2, -0.15) is 5.26 Å². The van der Waals surface area contributed by atoms with E-state index in [1.165, 1.54) is 0 Å². The fourth-order valence-corrected chi connectivity index (χ4v) is 3.23. The topological polar surface area (TPSA) is 85.3 Å². The van der Waals surface area contributed by atoms with E-state index in [1.807, 2.05) is 49.4 Å². The molecule has 0 spiro atoms. The maximum absolute atomic E-state index is 12.6. The van der Waals surface area contributed by atoms with Gasteiger partial charge in [0.1, 0.15) is 17.4 Å². The fraction of sp³-hybridized carbons (Fsp3) is 0.238. The van der Waals surface area contributed by atoms with Crippen molar-refractivity contribution in [1.29, 1.82) is 5.26 Å². The number of nitriles is 1. The third-order valence-electron chi connectivity index (χ3n) is 4.42. The van der Waals surface area contributed by atoms with E-state index in [2.05, 4.69) is 6.07 Å². The molecule has 0 saturated heterocycles. The zero-order chi connectivity index (χ0) is 18.7. The SMILES string of the molecule is CCOC(=O)C1=C(CC)OC(N)=C(C#N)[C@H]1c1ccc2ccccc2c1. The molecule has 0 amide bonds. The molecule has 0 aromatic heterocycles. The Morgan fingerprint density at radius 1 is 1.23 bits per heavy atom. The number of hydrogen-bond donors (Lipinski definition) is 1. The van der Waals surface area contributed by atoms with Gasteiger partial charge >= 0.3 is 5.97 Å². The molecule has 0 aliphatic carbocycles. The van der Waals surface area contributed by atoms with E-state index in [4.69, 9.17) is 15.2 Å². The Morgan fingerprint density at radius 3 is 2.62 bits per heavy atom. The van der Waals surface area contributed by atoms with E-state index in [9.17, 15) is 10.1 Å². The summed E-state index contributed by atoms with van der Waals surface area (Å²) in [5.74, 6) is -0.608. The van der Waals surface area contributed by atoms with Crippen LogP contribution in [0.15, 0.2) is 65.3 Å². The van der Waals surface area contributed by atoms with Crippen molar-refractivity contribution in [3.05, 3.63) is 70.8 Å². The number of benzene rings is 2. The van der Waals surface area contributed by atoms with Crippen LogP contribution in [0.25, 0.3) is 10.8 Å². The molecule has 3 rings (SSSR count). The summed E-state index contributed by atoms with van der Waals surface area (Å²) >= 11 is 0. The number of carbonyl (C=O) groups excluding carboxylic acids is 1. The second-order valence-electron chi connectivity index (χ2n) is 5.94. The first-order chi connectivity index (χ1) is 12.6. The molecule has 1 atom stereocenters. The minimum atomic E-state index is -0.604. The van der Waals surface area contributed by atoms with Crippen LogP contribution in [0.5, 0.6) is 0 Å². The summed E-state index contributed by atoms with van der Waals surface area (Å²) in [7, 11) is 0. The Morgan fingerprint density at radius 2 is 1.96 bits per heavy atom. The van der Waals surface area contributed by atoms with Crippen molar-refractivity contribution in [3.63, 3.8) is 0 Å². The lowest BCUT2D eigenvalue weighted by atomic mass is 9.82. The highest BCUT2D eigenvalue weighted by Crippen LogP contribution is 2.41. The second-order valence-corrected chi connectivity index (χ2v) is 5.94. The first-order valence-corrected chi connectivity index (χ1v) is 8.57. The summed E-state index contributed by atoms with van der Waals surface area (Å²) < 4.78 is 10.8. The highest BCUT2D eigenvalue weighted by Gasteiger charge is 2.37. The van der Waals surface area contributed by atoms with Gasteiger partial charge in [-0.05, 0) is 23.3 Å². The first-order valence-electron chi connectivity index (χ1n) is 8.57. The molecular formula is C21H20N2O3. The maximum atomic E-state index is 12.6. The standard InChI is InChI=1S/C21H20N2O3/c1-3-17-19(21(24)25-4-2)18(16(12-22)20(23)26-17)15-10-9-13-7-5-6-8-14(13)11-15/h5-11,18H,3-4,23H2,1-2H3/t18-/m1/s1. The largest absolute Gasteiger partial charge is 0.463 e. The van der Waals surface area contributed by atoms with E-state index < -0.39 is 11.9 Å². The maximum Gasteiger partial charge on any atom is 0.338 e. The van der Waals surface area contributed by atoms with Crippen LogP contribution < -0.4 is 5.73 Å². The lowest BCUT2D eigenvalue weighted by Crippen LogP contribution is -2.26. The van der Waals surface area contributed by atoms with Crippen molar-refractivity contribution in [2.45, 2.75) is 26.2 Å². The smallest absolute Gasteiger partial charge is 0.338 e. The van der Waals surface area contributed by atoms with Crippen LogP contribution in [-0.4, -0.2) is 12.6 Å². The Kier molecular flexibility index (Phi) is 4.94. The van der Waals surface area contributed by atoms with Crippen LogP contribution in [0.4, 0.5) is 0 Å². The number of hydrogen-bond acceptors (Lipinski definition) is 5. The van der Waals surface area contributed by atoms with Crippen LogP contribution in [-0.2, 0) is 14.3 Å². The first kappa shape index (κ1) is 17.6. The third-order valence-corrected chi connectivity index (χ3v) is 4.42. The van der Waals surface area contributed by atoms with Crippen LogP contribution in [0.3, 0.4) is 0 Å². The van der Waals surface area contributed by atoms with Gasteiger partial charge in [0.25, 0.3) is 0 Å². The number of allylic oxidation sites excluding steroid dienone is 2. The summed E-state index contributed by atoms with van der Waals surface area (Å²) in [5, 5.41) is 11.8. The average molecular weight is 348 g/mol. The van der Waals surface area contributed by atoms with Gasteiger partial charge in [-0.3, -0.25) is 0 Å². The van der Waals surface area contributed by atoms with Gasteiger partial charge in [0.15, 0.2) is 0 Å². The second kappa shape index (κ2) is 7.32. The Labute approximate surface area is 152 Å². The predicted molar refractivity (Wildman–Crippen MR) is 98.6 cm³/mol. The molecule has 0 bridgehead atoms. The lowest BCUT2D eigenvalue weighted by Gasteiger charge is -2.28. The molecule has 5 nitrogen and oxygen atoms in total. The zero-order valence-corrected chi connectivity index (χ0v) is 14.8. The van der Waals surface area contributed by atoms with Gasteiger partial charge in [-0.1, -0.05) is 49.4 Å². The van der Waals surface area contributed by atoms with Crippen molar-refractivity contribution in [3.8, 4) is 6.07 Å². The molecule has 0 fully saturated rings. The Bertz CT molecular complexity index is 967. The summed E-state index contributed by atoms with van der Waals surface area (Å²) in [6, 6.07) is 15.9. The monoisotopic (exact) mass is 348 g/mol. The van der Waals surface area contributed by atoms with E-state index >= 15 is 0 Å². The molecular weight excluding hydrogens is 328 g/mol. The summed E-state index contributed by atoms with van der Waals surface area (Å²) in [6.45, 7) is 3.86. The Balaban J connectivity index is 2.22. The Hall–Kier alpha value is -3.26. The van der Waals surface area contributed by atoms with Crippen LogP contribution in [0.1, 0.15) is 31.7 Å². The normalized spacial score (nSPS) is 17.0. The van der Waals surface area contributed by atoms with Crippen molar-refractivity contribution < 1.29 is 14.3 Å². The number of nitrogens with two attached hydrogens (primary N) is 1. The number of carbonyl (C=O) groups is 1. The minimum Gasteiger partial charge on any atom is -0.463 e.